The van der Waals surface area contributed by atoms with Crippen LogP contribution < -0.4 is 20.9 Å². The molecule has 0 spiro atoms. The van der Waals surface area contributed by atoms with Crippen molar-refractivity contribution in [1.82, 2.24) is 9.97 Å². The van der Waals surface area contributed by atoms with E-state index in [1.54, 1.807) is 14.0 Å². The van der Waals surface area contributed by atoms with Crippen LogP contribution in [0.3, 0.4) is 0 Å². The Morgan fingerprint density at radius 2 is 1.86 bits per heavy atom. The zero-order valence-corrected chi connectivity index (χ0v) is 20.4. The first-order chi connectivity index (χ1) is 16.3. The predicted octanol–water partition coefficient (Wildman–Crippen LogP) is 4.21. The first-order valence-electron chi connectivity index (χ1n) is 10.8. The number of amides is 2. The summed E-state index contributed by atoms with van der Waals surface area (Å²) in [6.07, 6.45) is 0.625. The number of carbonyl (C=O) groups excluding carboxylic acids is 2. The maximum atomic E-state index is 14.7. The Kier molecular flexibility index (Phi) is 7.90. The van der Waals surface area contributed by atoms with Gasteiger partial charge in [0.25, 0.3) is 5.91 Å². The zero-order valence-electron chi connectivity index (χ0n) is 19.4. The molecule has 35 heavy (non-hydrogen) atoms. The summed E-state index contributed by atoms with van der Waals surface area (Å²) < 4.78 is 27.7. The van der Waals surface area contributed by atoms with Gasteiger partial charge in [-0.05, 0) is 49.7 Å². The van der Waals surface area contributed by atoms with Crippen LogP contribution in [-0.2, 0) is 11.3 Å². The van der Waals surface area contributed by atoms with E-state index in [0.717, 1.165) is 6.07 Å². The molecule has 3 N–H and O–H groups in total. The van der Waals surface area contributed by atoms with Crippen molar-refractivity contribution < 1.29 is 18.4 Å². The molecule has 0 aliphatic carbocycles. The fourth-order valence-corrected chi connectivity index (χ4v) is 3.77. The average molecular weight is 501 g/mol. The molecule has 2 aromatic carbocycles. The van der Waals surface area contributed by atoms with Gasteiger partial charge in [-0.2, -0.15) is 18.5 Å². The third-order valence-corrected chi connectivity index (χ3v) is 5.66. The summed E-state index contributed by atoms with van der Waals surface area (Å²) in [6, 6.07) is 9.12. The lowest BCUT2D eigenvalue weighted by Gasteiger charge is -2.34. The lowest BCUT2D eigenvalue weighted by molar-refractivity contribution is -0.117. The number of hydrogen-bond donors (Lipinski definition) is 3. The second kappa shape index (κ2) is 10.7. The summed E-state index contributed by atoms with van der Waals surface area (Å²) in [4.78, 5) is 35.3. The highest BCUT2D eigenvalue weighted by molar-refractivity contribution is 7.59. The number of carbonyl (C=O) groups is 2. The topological polar surface area (TPSA) is 99.2 Å². The largest absolute Gasteiger partial charge is 0.350 e. The van der Waals surface area contributed by atoms with E-state index in [2.05, 4.69) is 25.9 Å². The molecule has 0 saturated carbocycles. The number of rotatable bonds is 6. The molecule has 0 saturated heterocycles. The number of benzene rings is 2. The predicted molar refractivity (Wildman–Crippen MR) is 136 cm³/mol. The van der Waals surface area contributed by atoms with E-state index in [4.69, 9.17) is 0 Å². The quantitative estimate of drug-likeness (QED) is 0.469. The Labute approximate surface area is 208 Å². The molecule has 0 unspecified atom stereocenters. The van der Waals surface area contributed by atoms with Crippen LogP contribution in [0.4, 0.5) is 31.9 Å². The van der Waals surface area contributed by atoms with Crippen LogP contribution in [0.2, 0.25) is 0 Å². The molecule has 3 aromatic rings. The molecule has 0 bridgehead atoms. The van der Waals surface area contributed by atoms with Gasteiger partial charge in [0.2, 0.25) is 11.9 Å². The van der Waals surface area contributed by atoms with Gasteiger partial charge in [-0.25, -0.2) is 13.8 Å². The molecule has 1 aliphatic rings. The third-order valence-electron chi connectivity index (χ3n) is 5.66. The molecule has 2 heterocycles. The highest BCUT2D eigenvalue weighted by Crippen LogP contribution is 2.33. The molecule has 0 fully saturated rings. The number of aromatic nitrogens is 2. The number of fused-ring (bicyclic) bond motifs is 1. The minimum Gasteiger partial charge on any atom is -0.350 e. The summed E-state index contributed by atoms with van der Waals surface area (Å²) in [6.45, 7) is 3.78. The van der Waals surface area contributed by atoms with Gasteiger partial charge in [0, 0.05) is 30.4 Å². The van der Waals surface area contributed by atoms with E-state index in [0.29, 0.717) is 40.8 Å². The van der Waals surface area contributed by atoms with Crippen LogP contribution in [0.5, 0.6) is 0 Å². The number of halogens is 2. The molecule has 1 aromatic heterocycles. The van der Waals surface area contributed by atoms with Crippen LogP contribution in [0.15, 0.2) is 42.5 Å². The minimum atomic E-state index is -0.565. The Balaban J connectivity index is 0.00000342. The summed E-state index contributed by atoms with van der Waals surface area (Å²) in [5, 5.41) is 8.47. The van der Waals surface area contributed by atoms with Crippen LogP contribution in [0.1, 0.15) is 35.0 Å². The highest BCUT2D eigenvalue weighted by atomic mass is 32.1. The first-order valence-corrected chi connectivity index (χ1v) is 10.8. The second-order valence-electron chi connectivity index (χ2n) is 7.98. The molecule has 8 nitrogen and oxygen atoms in total. The van der Waals surface area contributed by atoms with Gasteiger partial charge in [0.15, 0.2) is 5.82 Å². The number of anilines is 4. The molecule has 184 valence electrons. The average Bonchev–Trinajstić information content (AvgIpc) is 2.81. The van der Waals surface area contributed by atoms with Crippen LogP contribution in [-0.4, -0.2) is 34.9 Å². The second-order valence-corrected chi connectivity index (χ2v) is 7.98. The van der Waals surface area contributed by atoms with Crippen molar-refractivity contribution >= 4 is 48.5 Å². The summed E-state index contributed by atoms with van der Waals surface area (Å²) in [5.74, 6) is -0.698. The number of nitrogens with one attached hydrogen (secondary N) is 3. The summed E-state index contributed by atoms with van der Waals surface area (Å²) in [7, 11) is 1.80. The van der Waals surface area contributed by atoms with E-state index >= 15 is 0 Å². The maximum Gasteiger partial charge on any atom is 0.255 e. The van der Waals surface area contributed by atoms with Crippen molar-refractivity contribution in [2.45, 2.75) is 32.9 Å². The molecule has 1 aliphatic heterocycles. The van der Waals surface area contributed by atoms with Gasteiger partial charge in [-0.3, -0.25) is 9.59 Å². The Bertz CT molecular complexity index is 1260. The Morgan fingerprint density at radius 3 is 2.51 bits per heavy atom. The number of aryl methyl sites for hydroxylation is 1. The minimum absolute atomic E-state index is 0. The molecular weight excluding hydrogens is 474 g/mol. The Hall–Kier alpha value is -3.73. The van der Waals surface area contributed by atoms with E-state index in [9.17, 15) is 18.4 Å². The normalized spacial score (nSPS) is 14.5. The number of hydrogen-bond acceptors (Lipinski definition) is 6. The zero-order chi connectivity index (χ0) is 24.4. The first kappa shape index (κ1) is 25.9. The monoisotopic (exact) mass is 500 g/mol. The molecule has 2 amide bonds. The third kappa shape index (κ3) is 5.51. The SMILES string of the molecule is CC[C@H]1C(=O)Nc2c(C)nc(NCc3ccc(C(=O)Nc4ccc(F)cc4)cc3F)nc2N1C.S. The lowest BCUT2D eigenvalue weighted by Crippen LogP contribution is -2.46. The van der Waals surface area contributed by atoms with Crippen LogP contribution >= 0.6 is 13.5 Å². The van der Waals surface area contributed by atoms with Gasteiger partial charge >= 0.3 is 0 Å². The van der Waals surface area contributed by atoms with Gasteiger partial charge in [0.1, 0.15) is 23.4 Å². The Morgan fingerprint density at radius 1 is 1.14 bits per heavy atom. The van der Waals surface area contributed by atoms with Crippen LogP contribution in [0.25, 0.3) is 0 Å². The summed E-state index contributed by atoms with van der Waals surface area (Å²) >= 11 is 0. The summed E-state index contributed by atoms with van der Waals surface area (Å²) in [5.41, 5.74) is 2.02. The standard InChI is InChI=1S/C24H24F2N6O2.H2S/c1-4-19-23(34)30-20-13(2)28-24(31-21(20)32(19)3)27-12-15-6-5-14(11-18(15)26)22(33)29-17-9-7-16(25)8-10-17;/h5-11,19H,4,12H2,1-3H3,(H,29,33)(H,30,34)(H,27,28,31);1H2/t19-;/m0./s1. The smallest absolute Gasteiger partial charge is 0.255 e. The van der Waals surface area contributed by atoms with Gasteiger partial charge in [0.05, 0.1) is 5.69 Å². The van der Waals surface area contributed by atoms with Crippen molar-refractivity contribution in [2.24, 2.45) is 0 Å². The van der Waals surface area contributed by atoms with Crippen molar-refractivity contribution in [2.75, 3.05) is 27.9 Å². The van der Waals surface area contributed by atoms with Crippen molar-refractivity contribution in [3.8, 4) is 0 Å². The van der Waals surface area contributed by atoms with Crippen molar-refractivity contribution in [1.29, 1.82) is 0 Å². The van der Waals surface area contributed by atoms with Crippen LogP contribution in [0, 0.1) is 18.6 Å². The fourth-order valence-electron chi connectivity index (χ4n) is 3.77. The van der Waals surface area contributed by atoms with Gasteiger partial charge in [-0.1, -0.05) is 13.0 Å². The molecule has 0 radical (unpaired) electrons. The van der Waals surface area contributed by atoms with Crippen molar-refractivity contribution in [3.63, 3.8) is 0 Å². The lowest BCUT2D eigenvalue weighted by atomic mass is 10.1. The number of likely N-dealkylation sites (N-methyl/N-ethyl adjacent to an activating group) is 1. The van der Waals surface area contributed by atoms with E-state index in [-0.39, 0.29) is 37.6 Å². The fraction of sp³-hybridized carbons (Fsp3) is 0.250. The molecule has 11 heteroatoms. The molecular formula is C24H26F2N6O2S. The molecule has 4 rings (SSSR count). The highest BCUT2D eigenvalue weighted by Gasteiger charge is 2.32. The number of nitrogens with zero attached hydrogens (tertiary/aromatic N) is 3. The van der Waals surface area contributed by atoms with Gasteiger partial charge in [-0.15, -0.1) is 0 Å². The van der Waals surface area contributed by atoms with Gasteiger partial charge < -0.3 is 20.9 Å². The molecule has 1 atom stereocenters. The van der Waals surface area contributed by atoms with E-state index in [1.165, 1.54) is 36.4 Å². The maximum absolute atomic E-state index is 14.7. The van der Waals surface area contributed by atoms with E-state index < -0.39 is 17.5 Å². The van der Waals surface area contributed by atoms with Crippen molar-refractivity contribution in [3.05, 3.63) is 70.9 Å². The van der Waals surface area contributed by atoms with E-state index in [1.807, 2.05) is 11.8 Å².